The Morgan fingerprint density at radius 2 is 1.10 bits per heavy atom. The van der Waals surface area contributed by atoms with E-state index in [1.54, 1.807) is 0 Å². The molecule has 10 heteroatoms. The lowest BCUT2D eigenvalue weighted by Crippen LogP contribution is -2.57. The van der Waals surface area contributed by atoms with E-state index in [1.165, 1.54) is 6.07 Å². The number of aliphatic hydroxyl groups is 2. The molecule has 0 aromatic heterocycles. The molecule has 9 rings (SSSR count). The Hall–Kier alpha value is -2.01. The van der Waals surface area contributed by atoms with E-state index in [4.69, 9.17) is 9.47 Å². The molecule has 0 saturated heterocycles. The molecule has 1 aromatic carbocycles. The van der Waals surface area contributed by atoms with Crippen molar-refractivity contribution in [1.29, 1.82) is 0 Å². The van der Waals surface area contributed by atoms with Gasteiger partial charge in [0.2, 0.25) is 0 Å². The highest BCUT2D eigenvalue weighted by Gasteiger charge is 2.58. The van der Waals surface area contributed by atoms with Crippen LogP contribution >= 0.6 is 0 Å². The maximum absolute atomic E-state index is 13.1. The van der Waals surface area contributed by atoms with Gasteiger partial charge in [0.05, 0.1) is 40.4 Å². The molecule has 2 N–H and O–H groups in total. The Labute approximate surface area is 234 Å². The molecular formula is C30H37O9S-. The number of hydrogen-bond donors (Lipinski definition) is 2. The maximum Gasteiger partial charge on any atom is 0.338 e. The van der Waals surface area contributed by atoms with Gasteiger partial charge in [-0.2, -0.15) is 0 Å². The van der Waals surface area contributed by atoms with Gasteiger partial charge in [-0.3, -0.25) is 0 Å². The van der Waals surface area contributed by atoms with Gasteiger partial charge in [0.15, 0.2) is 0 Å². The minimum atomic E-state index is -4.97. The second-order valence-corrected chi connectivity index (χ2v) is 16.1. The maximum atomic E-state index is 13.1. The van der Waals surface area contributed by atoms with Crippen molar-refractivity contribution in [3.05, 3.63) is 29.3 Å². The number of rotatable bonds is 7. The van der Waals surface area contributed by atoms with Crippen molar-refractivity contribution < 1.29 is 42.2 Å². The first-order valence-corrected chi connectivity index (χ1v) is 16.0. The zero-order valence-corrected chi connectivity index (χ0v) is 23.4. The quantitative estimate of drug-likeness (QED) is 0.369. The summed E-state index contributed by atoms with van der Waals surface area (Å²) in [6.45, 7) is 0.200. The Kier molecular flexibility index (Phi) is 5.88. The summed E-state index contributed by atoms with van der Waals surface area (Å²) < 4.78 is 47.1. The van der Waals surface area contributed by atoms with Gasteiger partial charge in [0, 0.05) is 10.8 Å². The third-order valence-electron chi connectivity index (χ3n) is 11.0. The number of esters is 2. The molecule has 9 nitrogen and oxygen atoms in total. The number of carbonyl (C=O) groups is 2. The summed E-state index contributed by atoms with van der Waals surface area (Å²) in [6.07, 6.45) is 10.0. The molecule has 0 aliphatic heterocycles. The first-order valence-electron chi connectivity index (χ1n) is 14.6. The normalized spacial score (nSPS) is 42.7. The molecule has 0 spiro atoms. The van der Waals surface area contributed by atoms with Gasteiger partial charge in [-0.15, -0.1) is 0 Å². The number of carbonyl (C=O) groups excluding carboxylic acids is 2. The summed E-state index contributed by atoms with van der Waals surface area (Å²) in [5.41, 5.74) is -2.43. The molecule has 8 saturated carbocycles. The first kappa shape index (κ1) is 26.9. The van der Waals surface area contributed by atoms with E-state index in [0.29, 0.717) is 36.5 Å². The molecule has 1 aromatic rings. The van der Waals surface area contributed by atoms with Crippen LogP contribution < -0.4 is 0 Å². The van der Waals surface area contributed by atoms with Crippen LogP contribution in [-0.2, 0) is 19.6 Å². The van der Waals surface area contributed by atoms with Crippen LogP contribution in [0.5, 0.6) is 0 Å². The second kappa shape index (κ2) is 8.75. The highest BCUT2D eigenvalue weighted by atomic mass is 32.2. The summed E-state index contributed by atoms with van der Waals surface area (Å²) in [7, 11) is -4.97. The van der Waals surface area contributed by atoms with Crippen molar-refractivity contribution in [3.63, 3.8) is 0 Å². The molecular weight excluding hydrogens is 536 g/mol. The fraction of sp³-hybridized carbons (Fsp3) is 0.733. The minimum absolute atomic E-state index is 0.100. The van der Waals surface area contributed by atoms with Crippen LogP contribution in [0.25, 0.3) is 0 Å². The van der Waals surface area contributed by atoms with Crippen LogP contribution in [0.3, 0.4) is 0 Å². The van der Waals surface area contributed by atoms with Crippen molar-refractivity contribution >= 4 is 22.1 Å². The molecule has 8 aliphatic rings. The van der Waals surface area contributed by atoms with Gasteiger partial charge in [0.1, 0.15) is 10.1 Å². The SMILES string of the molecule is O=C(OCC12CC3CC(CC(O)(C3)C1)C2)c1cc(C(=O)OCC23CC4CC(CC(O)(C4)C2)C3)cc(S(=O)(=O)[O-])c1. The van der Waals surface area contributed by atoms with Crippen LogP contribution in [0.4, 0.5) is 0 Å². The van der Waals surface area contributed by atoms with Crippen LogP contribution in [0.1, 0.15) is 97.8 Å². The van der Waals surface area contributed by atoms with E-state index < -0.39 is 38.2 Å². The molecule has 8 fully saturated rings. The van der Waals surface area contributed by atoms with E-state index in [9.17, 15) is 32.8 Å². The van der Waals surface area contributed by atoms with Gasteiger partial charge in [-0.05, 0) is 119 Å². The predicted molar refractivity (Wildman–Crippen MR) is 139 cm³/mol. The third kappa shape index (κ3) is 4.78. The van der Waals surface area contributed by atoms with Crippen molar-refractivity contribution in [1.82, 2.24) is 0 Å². The molecule has 4 unspecified atom stereocenters. The number of ether oxygens (including phenoxy) is 2. The van der Waals surface area contributed by atoms with Gasteiger partial charge >= 0.3 is 11.9 Å². The summed E-state index contributed by atoms with van der Waals surface area (Å²) in [5, 5.41) is 22.0. The largest absolute Gasteiger partial charge is 0.744 e. The first-order chi connectivity index (χ1) is 18.7. The Bertz CT molecular complexity index is 1250. The molecule has 0 heterocycles. The molecule has 0 amide bonds. The lowest BCUT2D eigenvalue weighted by Gasteiger charge is -2.59. The summed E-state index contributed by atoms with van der Waals surface area (Å²) in [5.74, 6) is 0.0194. The van der Waals surface area contributed by atoms with Crippen LogP contribution in [0.15, 0.2) is 23.1 Å². The van der Waals surface area contributed by atoms with Crippen LogP contribution in [-0.4, -0.2) is 59.5 Å². The monoisotopic (exact) mass is 573 g/mol. The average Bonchev–Trinajstić information content (AvgIpc) is 2.82. The fourth-order valence-corrected chi connectivity index (χ4v) is 11.3. The van der Waals surface area contributed by atoms with Crippen LogP contribution in [0.2, 0.25) is 0 Å². The molecule has 8 bridgehead atoms. The molecule has 4 atom stereocenters. The summed E-state index contributed by atoms with van der Waals surface area (Å²) >= 11 is 0. The average molecular weight is 574 g/mol. The van der Waals surface area contributed by atoms with Crippen LogP contribution in [0, 0.1) is 34.5 Å². The Balaban J connectivity index is 1.07. The van der Waals surface area contributed by atoms with Gasteiger partial charge in [-0.1, -0.05) is 0 Å². The molecule has 218 valence electrons. The fourth-order valence-electron chi connectivity index (χ4n) is 10.7. The smallest absolute Gasteiger partial charge is 0.338 e. The molecule has 40 heavy (non-hydrogen) atoms. The number of benzene rings is 1. The van der Waals surface area contributed by atoms with E-state index in [0.717, 1.165) is 76.3 Å². The minimum Gasteiger partial charge on any atom is -0.744 e. The van der Waals surface area contributed by atoms with Crippen molar-refractivity contribution in [3.8, 4) is 0 Å². The third-order valence-corrected chi connectivity index (χ3v) is 11.8. The van der Waals surface area contributed by atoms with E-state index in [-0.39, 0.29) is 35.2 Å². The Morgan fingerprint density at radius 1 is 0.725 bits per heavy atom. The summed E-state index contributed by atoms with van der Waals surface area (Å²) in [6, 6.07) is 3.12. The highest BCUT2D eigenvalue weighted by Crippen LogP contribution is 2.62. The zero-order valence-electron chi connectivity index (χ0n) is 22.6. The van der Waals surface area contributed by atoms with Gasteiger partial charge in [-0.25, -0.2) is 18.0 Å². The number of hydrogen-bond acceptors (Lipinski definition) is 9. The molecule has 0 radical (unpaired) electrons. The van der Waals surface area contributed by atoms with E-state index in [1.807, 2.05) is 0 Å². The lowest BCUT2D eigenvalue weighted by atomic mass is 9.48. The van der Waals surface area contributed by atoms with Gasteiger partial charge in [0.25, 0.3) is 0 Å². The van der Waals surface area contributed by atoms with E-state index in [2.05, 4.69) is 0 Å². The topological polar surface area (TPSA) is 150 Å². The summed E-state index contributed by atoms with van der Waals surface area (Å²) in [4.78, 5) is 25.6. The lowest BCUT2D eigenvalue weighted by molar-refractivity contribution is -0.175. The second-order valence-electron chi connectivity index (χ2n) is 14.7. The van der Waals surface area contributed by atoms with Crippen molar-refractivity contribution in [2.75, 3.05) is 13.2 Å². The van der Waals surface area contributed by atoms with Gasteiger partial charge < -0.3 is 24.2 Å². The Morgan fingerprint density at radius 3 is 1.43 bits per heavy atom. The predicted octanol–water partition coefficient (Wildman–Crippen LogP) is 3.57. The standard InChI is InChI=1S/C30H38O9S/c31-25(38-16-27-6-18-1-19(7-27)11-29(33,10-18)14-27)22-3-23(5-24(4-22)40(35,36)37)26(32)39-17-28-8-20-2-21(9-28)13-30(34,12-20)15-28/h3-5,18-21,33-34H,1-2,6-17H2,(H,35,36,37)/p-1. The van der Waals surface area contributed by atoms with Crippen molar-refractivity contribution in [2.24, 2.45) is 34.5 Å². The molecule has 8 aliphatic carbocycles. The van der Waals surface area contributed by atoms with Crippen molar-refractivity contribution in [2.45, 2.75) is 93.1 Å². The highest BCUT2D eigenvalue weighted by molar-refractivity contribution is 7.85. The zero-order chi connectivity index (χ0) is 28.1. The van der Waals surface area contributed by atoms with E-state index >= 15 is 0 Å².